The number of aromatic amines is 1. The van der Waals surface area contributed by atoms with E-state index >= 15 is 0 Å². The summed E-state index contributed by atoms with van der Waals surface area (Å²) in [5.74, 6) is 0.127. The monoisotopic (exact) mass is 298 g/mol. The molecule has 0 amide bonds. The number of nitrogens with one attached hydrogen (secondary N) is 2. The van der Waals surface area contributed by atoms with Crippen LogP contribution in [0.1, 0.15) is 19.3 Å². The summed E-state index contributed by atoms with van der Waals surface area (Å²) in [6, 6.07) is 0.0202. The molecule has 1 aliphatic carbocycles. The van der Waals surface area contributed by atoms with Crippen molar-refractivity contribution in [1.82, 2.24) is 9.55 Å². The van der Waals surface area contributed by atoms with Crippen LogP contribution in [0.3, 0.4) is 0 Å². The Hall–Kier alpha value is -1.80. The normalized spacial score (nSPS) is 21.6. The van der Waals surface area contributed by atoms with Crippen molar-refractivity contribution in [3.05, 3.63) is 20.8 Å². The van der Waals surface area contributed by atoms with Gasteiger partial charge >= 0.3 is 5.69 Å². The Morgan fingerprint density at radius 3 is 2.81 bits per heavy atom. The van der Waals surface area contributed by atoms with Gasteiger partial charge in [-0.05, 0) is 19.3 Å². The van der Waals surface area contributed by atoms with E-state index in [-0.39, 0.29) is 30.2 Å². The Kier molecular flexibility index (Phi) is 5.03. The number of ether oxygens (including phenoxy) is 2. The van der Waals surface area contributed by atoms with Gasteiger partial charge in [-0.3, -0.25) is 14.3 Å². The van der Waals surface area contributed by atoms with Crippen molar-refractivity contribution in [2.75, 3.05) is 31.9 Å². The molecule has 0 radical (unpaired) electrons. The average molecular weight is 298 g/mol. The summed E-state index contributed by atoms with van der Waals surface area (Å²) < 4.78 is 11.6. The first-order valence-electron chi connectivity index (χ1n) is 6.99. The largest absolute Gasteiger partial charge is 0.383 e. The van der Waals surface area contributed by atoms with E-state index in [9.17, 15) is 9.59 Å². The molecule has 2 atom stereocenters. The summed E-state index contributed by atoms with van der Waals surface area (Å²) in [4.78, 5) is 26.1. The minimum absolute atomic E-state index is 0.0202. The standard InChI is InChI=1S/C13H22N4O4/c1-20-7-6-17-11(14)10(12(18)16-13(17)19)15-8-4-3-5-9(8)21-2/h8-9,15H,3-7,14H2,1-2H3,(H,16,18,19). The number of anilines is 2. The van der Waals surface area contributed by atoms with Gasteiger partial charge in [0.15, 0.2) is 0 Å². The van der Waals surface area contributed by atoms with E-state index in [1.54, 1.807) is 7.11 Å². The average Bonchev–Trinajstić information content (AvgIpc) is 2.90. The van der Waals surface area contributed by atoms with E-state index in [1.807, 2.05) is 0 Å². The van der Waals surface area contributed by atoms with Crippen molar-refractivity contribution in [2.45, 2.75) is 38.0 Å². The van der Waals surface area contributed by atoms with Crippen LogP contribution in [0.15, 0.2) is 9.59 Å². The number of H-pyrrole nitrogens is 1. The Morgan fingerprint density at radius 2 is 2.14 bits per heavy atom. The van der Waals surface area contributed by atoms with Gasteiger partial charge in [0.1, 0.15) is 11.5 Å². The molecule has 1 heterocycles. The third-order valence-electron chi connectivity index (χ3n) is 3.84. The van der Waals surface area contributed by atoms with Crippen molar-refractivity contribution in [1.29, 1.82) is 0 Å². The zero-order valence-corrected chi connectivity index (χ0v) is 12.3. The molecule has 4 N–H and O–H groups in total. The highest BCUT2D eigenvalue weighted by molar-refractivity contribution is 5.61. The first-order chi connectivity index (χ1) is 10.1. The molecular weight excluding hydrogens is 276 g/mol. The van der Waals surface area contributed by atoms with Gasteiger partial charge in [-0.15, -0.1) is 0 Å². The summed E-state index contributed by atoms with van der Waals surface area (Å²) in [6.45, 7) is 0.616. The smallest absolute Gasteiger partial charge is 0.330 e. The van der Waals surface area contributed by atoms with E-state index in [2.05, 4.69) is 10.3 Å². The number of nitrogen functional groups attached to an aromatic ring is 1. The van der Waals surface area contributed by atoms with Crippen molar-refractivity contribution < 1.29 is 9.47 Å². The molecule has 21 heavy (non-hydrogen) atoms. The summed E-state index contributed by atoms with van der Waals surface area (Å²) in [6.07, 6.45) is 2.91. The van der Waals surface area contributed by atoms with Crippen LogP contribution >= 0.6 is 0 Å². The minimum atomic E-state index is -0.533. The Morgan fingerprint density at radius 1 is 1.38 bits per heavy atom. The van der Waals surface area contributed by atoms with Crippen molar-refractivity contribution in [3.63, 3.8) is 0 Å². The second-order valence-corrected chi connectivity index (χ2v) is 5.12. The molecule has 1 saturated carbocycles. The molecule has 0 aromatic carbocycles. The maximum atomic E-state index is 12.0. The van der Waals surface area contributed by atoms with E-state index in [4.69, 9.17) is 15.2 Å². The highest BCUT2D eigenvalue weighted by atomic mass is 16.5. The van der Waals surface area contributed by atoms with Gasteiger partial charge in [0, 0.05) is 14.2 Å². The fourth-order valence-electron chi connectivity index (χ4n) is 2.69. The summed E-state index contributed by atoms with van der Waals surface area (Å²) in [5.41, 5.74) is 5.16. The molecule has 0 aliphatic heterocycles. The Bertz CT molecular complexity index is 595. The fraction of sp³-hybridized carbons (Fsp3) is 0.692. The Labute approximate surface area is 122 Å². The summed E-state index contributed by atoms with van der Waals surface area (Å²) >= 11 is 0. The summed E-state index contributed by atoms with van der Waals surface area (Å²) in [5, 5.41) is 3.13. The molecule has 118 valence electrons. The minimum Gasteiger partial charge on any atom is -0.383 e. The van der Waals surface area contributed by atoms with Gasteiger partial charge in [-0.1, -0.05) is 0 Å². The second kappa shape index (κ2) is 6.77. The SMILES string of the molecule is COCCn1c(N)c(NC2CCCC2OC)c(=O)[nH]c1=O. The molecule has 0 bridgehead atoms. The van der Waals surface area contributed by atoms with Crippen LogP contribution in [0.4, 0.5) is 11.5 Å². The van der Waals surface area contributed by atoms with Gasteiger partial charge in [-0.2, -0.15) is 0 Å². The van der Waals surface area contributed by atoms with Crippen LogP contribution in [0.2, 0.25) is 0 Å². The molecular formula is C13H22N4O4. The molecule has 1 aliphatic rings. The number of aromatic nitrogens is 2. The maximum Gasteiger partial charge on any atom is 0.330 e. The summed E-state index contributed by atoms with van der Waals surface area (Å²) in [7, 11) is 3.19. The number of nitrogens with two attached hydrogens (primary N) is 1. The van der Waals surface area contributed by atoms with Crippen molar-refractivity contribution in [2.24, 2.45) is 0 Å². The highest BCUT2D eigenvalue weighted by Gasteiger charge is 2.28. The molecule has 0 saturated heterocycles. The third-order valence-corrected chi connectivity index (χ3v) is 3.84. The van der Waals surface area contributed by atoms with Crippen LogP contribution in [-0.2, 0) is 16.0 Å². The third kappa shape index (κ3) is 3.27. The lowest BCUT2D eigenvalue weighted by Crippen LogP contribution is -2.38. The number of nitrogens with zero attached hydrogens (tertiary/aromatic N) is 1. The zero-order chi connectivity index (χ0) is 15.4. The fourth-order valence-corrected chi connectivity index (χ4v) is 2.69. The first kappa shape index (κ1) is 15.6. The molecule has 8 heteroatoms. The van der Waals surface area contributed by atoms with Crippen molar-refractivity contribution in [3.8, 4) is 0 Å². The quantitative estimate of drug-likeness (QED) is 0.667. The predicted octanol–water partition coefficient (Wildman–Crippen LogP) is -0.255. The van der Waals surface area contributed by atoms with Crippen LogP contribution in [0, 0.1) is 0 Å². The van der Waals surface area contributed by atoms with E-state index < -0.39 is 11.2 Å². The Balaban J connectivity index is 2.30. The lowest BCUT2D eigenvalue weighted by atomic mass is 10.2. The van der Waals surface area contributed by atoms with Gasteiger partial charge in [0.05, 0.1) is 25.3 Å². The molecule has 2 unspecified atom stereocenters. The van der Waals surface area contributed by atoms with Gasteiger partial charge < -0.3 is 20.5 Å². The first-order valence-corrected chi connectivity index (χ1v) is 6.99. The lowest BCUT2D eigenvalue weighted by Gasteiger charge is -2.22. The highest BCUT2D eigenvalue weighted by Crippen LogP contribution is 2.25. The topological polar surface area (TPSA) is 111 Å². The predicted molar refractivity (Wildman–Crippen MR) is 79.7 cm³/mol. The molecule has 0 spiro atoms. The molecule has 1 aromatic rings. The van der Waals surface area contributed by atoms with Crippen LogP contribution in [0.25, 0.3) is 0 Å². The van der Waals surface area contributed by atoms with E-state index in [0.29, 0.717) is 6.61 Å². The molecule has 8 nitrogen and oxygen atoms in total. The second-order valence-electron chi connectivity index (χ2n) is 5.12. The van der Waals surface area contributed by atoms with Gasteiger partial charge in [0.25, 0.3) is 5.56 Å². The lowest BCUT2D eigenvalue weighted by molar-refractivity contribution is 0.101. The number of methoxy groups -OCH3 is 2. The van der Waals surface area contributed by atoms with Crippen LogP contribution < -0.4 is 22.3 Å². The van der Waals surface area contributed by atoms with E-state index in [0.717, 1.165) is 19.3 Å². The maximum absolute atomic E-state index is 12.0. The van der Waals surface area contributed by atoms with Crippen molar-refractivity contribution >= 4 is 11.5 Å². The van der Waals surface area contributed by atoms with Crippen LogP contribution in [-0.4, -0.2) is 42.5 Å². The molecule has 1 fully saturated rings. The zero-order valence-electron chi connectivity index (χ0n) is 12.3. The number of hydrogen-bond acceptors (Lipinski definition) is 6. The van der Waals surface area contributed by atoms with Gasteiger partial charge in [-0.25, -0.2) is 4.79 Å². The number of rotatable bonds is 6. The number of hydrogen-bond donors (Lipinski definition) is 3. The molecule has 1 aromatic heterocycles. The van der Waals surface area contributed by atoms with Crippen LogP contribution in [0.5, 0.6) is 0 Å². The molecule has 2 rings (SSSR count). The van der Waals surface area contributed by atoms with E-state index in [1.165, 1.54) is 11.7 Å². The van der Waals surface area contributed by atoms with Gasteiger partial charge in [0.2, 0.25) is 0 Å².